The fourth-order valence-corrected chi connectivity index (χ4v) is 2.13. The molecule has 2 aromatic rings. The average molecular weight is 300 g/mol. The maximum Gasteiger partial charge on any atom is 0.231 e. The van der Waals surface area contributed by atoms with Crippen LogP contribution in [-0.4, -0.2) is 23.3 Å². The van der Waals surface area contributed by atoms with Gasteiger partial charge in [0.1, 0.15) is 5.82 Å². The maximum absolute atomic E-state index is 5.38. The van der Waals surface area contributed by atoms with Crippen LogP contribution in [0.25, 0.3) is 0 Å². The first-order chi connectivity index (χ1) is 10.6. The fourth-order valence-electron chi connectivity index (χ4n) is 2.13. The summed E-state index contributed by atoms with van der Waals surface area (Å²) in [6, 6.07) is 7.63. The number of rotatable bonds is 5. The van der Waals surface area contributed by atoms with E-state index in [1.165, 1.54) is 0 Å². The quantitative estimate of drug-likeness (QED) is 0.883. The lowest BCUT2D eigenvalue weighted by atomic mass is 10.2. The summed E-state index contributed by atoms with van der Waals surface area (Å²) in [6.45, 7) is 7.36. The van der Waals surface area contributed by atoms with Crippen molar-refractivity contribution in [2.75, 3.05) is 24.0 Å². The molecule has 0 fully saturated rings. The second-order valence-corrected chi connectivity index (χ2v) is 5.69. The van der Waals surface area contributed by atoms with Gasteiger partial charge in [0.2, 0.25) is 12.7 Å². The van der Waals surface area contributed by atoms with Gasteiger partial charge in [-0.3, -0.25) is 0 Å². The zero-order valence-corrected chi connectivity index (χ0v) is 13.0. The molecule has 1 aromatic heterocycles. The van der Waals surface area contributed by atoms with Crippen LogP contribution in [0.15, 0.2) is 24.3 Å². The van der Waals surface area contributed by atoms with E-state index in [1.54, 1.807) is 0 Å². The number of hydrogen-bond donors (Lipinski definition) is 2. The summed E-state index contributed by atoms with van der Waals surface area (Å²) in [4.78, 5) is 8.89. The highest BCUT2D eigenvalue weighted by atomic mass is 16.7. The standard InChI is InChI=1S/C16H20N4O2/c1-10(2)8-17-16-18-11(3)6-15(20-16)19-12-4-5-13-14(7-12)22-9-21-13/h4-7,10H,8-9H2,1-3H3,(H2,17,18,19,20). The molecule has 0 unspecified atom stereocenters. The van der Waals surface area contributed by atoms with Gasteiger partial charge in [-0.1, -0.05) is 13.8 Å². The second-order valence-electron chi connectivity index (χ2n) is 5.69. The molecule has 0 saturated heterocycles. The Morgan fingerprint density at radius 1 is 1.14 bits per heavy atom. The summed E-state index contributed by atoms with van der Waals surface area (Å²) < 4.78 is 10.7. The topological polar surface area (TPSA) is 68.3 Å². The minimum atomic E-state index is 0.272. The number of aryl methyl sites for hydroxylation is 1. The van der Waals surface area contributed by atoms with Gasteiger partial charge in [-0.2, -0.15) is 4.98 Å². The molecule has 0 saturated carbocycles. The van der Waals surface area contributed by atoms with Gasteiger partial charge in [-0.15, -0.1) is 0 Å². The number of ether oxygens (including phenoxy) is 2. The number of nitrogens with one attached hydrogen (secondary N) is 2. The molecule has 6 heteroatoms. The molecule has 2 heterocycles. The Balaban J connectivity index is 1.76. The van der Waals surface area contributed by atoms with E-state index in [4.69, 9.17) is 9.47 Å². The molecule has 0 bridgehead atoms. The van der Waals surface area contributed by atoms with Gasteiger partial charge in [-0.05, 0) is 25.0 Å². The number of hydrogen-bond acceptors (Lipinski definition) is 6. The minimum Gasteiger partial charge on any atom is -0.454 e. The highest BCUT2D eigenvalue weighted by Crippen LogP contribution is 2.34. The van der Waals surface area contributed by atoms with Crippen LogP contribution in [0.3, 0.4) is 0 Å². The summed E-state index contributed by atoms with van der Waals surface area (Å²) in [6.07, 6.45) is 0. The first-order valence-corrected chi connectivity index (χ1v) is 7.36. The molecule has 116 valence electrons. The van der Waals surface area contributed by atoms with Gasteiger partial charge in [0.25, 0.3) is 0 Å². The van der Waals surface area contributed by atoms with Crippen LogP contribution in [0, 0.1) is 12.8 Å². The average Bonchev–Trinajstić information content (AvgIpc) is 2.92. The molecule has 0 amide bonds. The normalized spacial score (nSPS) is 12.5. The maximum atomic E-state index is 5.38. The van der Waals surface area contributed by atoms with Crippen molar-refractivity contribution in [2.45, 2.75) is 20.8 Å². The van der Waals surface area contributed by atoms with Gasteiger partial charge in [-0.25, -0.2) is 4.98 Å². The monoisotopic (exact) mass is 300 g/mol. The van der Waals surface area contributed by atoms with E-state index in [0.29, 0.717) is 11.9 Å². The Bertz CT molecular complexity index is 673. The van der Waals surface area contributed by atoms with Crippen LogP contribution in [0.1, 0.15) is 19.5 Å². The Morgan fingerprint density at radius 3 is 2.77 bits per heavy atom. The number of nitrogens with zero attached hydrogens (tertiary/aromatic N) is 2. The van der Waals surface area contributed by atoms with Crippen LogP contribution >= 0.6 is 0 Å². The van der Waals surface area contributed by atoms with Gasteiger partial charge >= 0.3 is 0 Å². The predicted octanol–water partition coefficient (Wildman–Crippen LogP) is 3.33. The molecule has 0 atom stereocenters. The van der Waals surface area contributed by atoms with Gasteiger partial charge in [0.05, 0.1) is 0 Å². The highest BCUT2D eigenvalue weighted by molar-refractivity contribution is 5.62. The van der Waals surface area contributed by atoms with E-state index in [0.717, 1.165) is 35.2 Å². The van der Waals surface area contributed by atoms with E-state index >= 15 is 0 Å². The third-order valence-corrected chi connectivity index (χ3v) is 3.17. The molecule has 0 aliphatic carbocycles. The van der Waals surface area contributed by atoms with E-state index in [-0.39, 0.29) is 6.79 Å². The first kappa shape index (κ1) is 14.4. The first-order valence-electron chi connectivity index (χ1n) is 7.36. The highest BCUT2D eigenvalue weighted by Gasteiger charge is 2.13. The van der Waals surface area contributed by atoms with Crippen molar-refractivity contribution in [3.05, 3.63) is 30.0 Å². The van der Waals surface area contributed by atoms with Crippen molar-refractivity contribution < 1.29 is 9.47 Å². The van der Waals surface area contributed by atoms with Crippen molar-refractivity contribution >= 4 is 17.5 Å². The molecule has 1 aliphatic rings. The Labute approximate surface area is 129 Å². The van der Waals surface area contributed by atoms with Crippen LogP contribution in [-0.2, 0) is 0 Å². The molecule has 1 aliphatic heterocycles. The van der Waals surface area contributed by atoms with E-state index in [2.05, 4.69) is 34.4 Å². The molecule has 3 rings (SSSR count). The lowest BCUT2D eigenvalue weighted by molar-refractivity contribution is 0.174. The minimum absolute atomic E-state index is 0.272. The lowest BCUT2D eigenvalue weighted by Crippen LogP contribution is -2.11. The van der Waals surface area contributed by atoms with Crippen molar-refractivity contribution in [1.82, 2.24) is 9.97 Å². The van der Waals surface area contributed by atoms with Crippen LogP contribution in [0.2, 0.25) is 0 Å². The fraction of sp³-hybridized carbons (Fsp3) is 0.375. The summed E-state index contributed by atoms with van der Waals surface area (Å²) in [5.41, 5.74) is 1.81. The summed E-state index contributed by atoms with van der Waals surface area (Å²) in [5.74, 6) is 3.43. The zero-order chi connectivity index (χ0) is 15.5. The van der Waals surface area contributed by atoms with Gasteiger partial charge < -0.3 is 20.1 Å². The third kappa shape index (κ3) is 3.39. The van der Waals surface area contributed by atoms with Crippen molar-refractivity contribution in [3.8, 4) is 11.5 Å². The van der Waals surface area contributed by atoms with Crippen LogP contribution in [0.5, 0.6) is 11.5 Å². The van der Waals surface area contributed by atoms with Crippen LogP contribution < -0.4 is 20.1 Å². The van der Waals surface area contributed by atoms with Gasteiger partial charge in [0, 0.05) is 30.1 Å². The summed E-state index contributed by atoms with van der Waals surface area (Å²) in [5, 5.41) is 6.52. The molecule has 22 heavy (non-hydrogen) atoms. The molecule has 6 nitrogen and oxygen atoms in total. The predicted molar refractivity (Wildman–Crippen MR) is 85.9 cm³/mol. The molecule has 1 aromatic carbocycles. The summed E-state index contributed by atoms with van der Waals surface area (Å²) >= 11 is 0. The lowest BCUT2D eigenvalue weighted by Gasteiger charge is -2.11. The SMILES string of the molecule is Cc1cc(Nc2ccc3c(c2)OCO3)nc(NCC(C)C)n1. The number of benzene rings is 1. The molecular weight excluding hydrogens is 280 g/mol. The smallest absolute Gasteiger partial charge is 0.231 e. The summed E-state index contributed by atoms with van der Waals surface area (Å²) in [7, 11) is 0. The number of fused-ring (bicyclic) bond motifs is 1. The second kappa shape index (κ2) is 6.09. The largest absolute Gasteiger partial charge is 0.454 e. The van der Waals surface area contributed by atoms with E-state index in [9.17, 15) is 0 Å². The van der Waals surface area contributed by atoms with Crippen molar-refractivity contribution in [3.63, 3.8) is 0 Å². The van der Waals surface area contributed by atoms with Crippen molar-refractivity contribution in [1.29, 1.82) is 0 Å². The van der Waals surface area contributed by atoms with E-state index in [1.807, 2.05) is 31.2 Å². The Kier molecular flexibility index (Phi) is 4.00. The van der Waals surface area contributed by atoms with E-state index < -0.39 is 0 Å². The third-order valence-electron chi connectivity index (χ3n) is 3.17. The van der Waals surface area contributed by atoms with Crippen molar-refractivity contribution in [2.24, 2.45) is 5.92 Å². The van der Waals surface area contributed by atoms with Gasteiger partial charge in [0.15, 0.2) is 11.5 Å². The molecule has 0 radical (unpaired) electrons. The number of anilines is 3. The zero-order valence-electron chi connectivity index (χ0n) is 13.0. The van der Waals surface area contributed by atoms with Crippen LogP contribution in [0.4, 0.5) is 17.5 Å². The molecular formula is C16H20N4O2. The molecule has 0 spiro atoms. The Morgan fingerprint density at radius 2 is 1.95 bits per heavy atom. The molecule has 2 N–H and O–H groups in total. The number of aromatic nitrogens is 2. The Hall–Kier alpha value is -2.50.